The van der Waals surface area contributed by atoms with E-state index in [1.165, 1.54) is 12.8 Å². The lowest BCUT2D eigenvalue weighted by Gasteiger charge is -2.37. The average Bonchev–Trinajstić information content (AvgIpc) is 2.89. The molecule has 1 aliphatic carbocycles. The van der Waals surface area contributed by atoms with Crippen LogP contribution in [0.4, 0.5) is 5.69 Å². The van der Waals surface area contributed by atoms with Crippen LogP contribution >= 0.6 is 11.6 Å². The highest BCUT2D eigenvalue weighted by atomic mass is 35.5. The molecule has 4 nitrogen and oxygen atoms in total. The van der Waals surface area contributed by atoms with Crippen LogP contribution in [-0.2, 0) is 9.47 Å². The number of nitrogen functional groups attached to an aromatic ring is 1. The van der Waals surface area contributed by atoms with Crippen LogP contribution in [0.15, 0.2) is 18.2 Å². The van der Waals surface area contributed by atoms with Gasteiger partial charge in [0.25, 0.3) is 0 Å². The zero-order valence-corrected chi connectivity index (χ0v) is 12.7. The fourth-order valence-electron chi connectivity index (χ4n) is 3.38. The number of anilines is 1. The monoisotopic (exact) mass is 309 g/mol. The third-order valence-corrected chi connectivity index (χ3v) is 4.84. The lowest BCUT2D eigenvalue weighted by molar-refractivity contribution is -0.117. The van der Waals surface area contributed by atoms with Gasteiger partial charge in [-0.3, -0.25) is 0 Å². The topological polar surface area (TPSA) is 61.6 Å². The van der Waals surface area contributed by atoms with Crippen LogP contribution in [-0.4, -0.2) is 24.3 Å². The van der Waals surface area contributed by atoms with Gasteiger partial charge in [0.15, 0.2) is 0 Å². The minimum absolute atomic E-state index is 0.0664. The number of benzene rings is 1. The van der Waals surface area contributed by atoms with Crippen molar-refractivity contribution in [2.24, 2.45) is 0 Å². The molecule has 1 unspecified atom stereocenters. The highest BCUT2D eigenvalue weighted by Gasteiger charge is 2.41. The molecule has 1 spiro atoms. The number of hydrogen-bond acceptors (Lipinski definition) is 4. The second kappa shape index (κ2) is 5.85. The van der Waals surface area contributed by atoms with E-state index in [4.69, 9.17) is 26.8 Å². The Kier molecular flexibility index (Phi) is 4.09. The molecule has 0 aromatic heterocycles. The molecule has 5 heteroatoms. The second-order valence-electron chi connectivity index (χ2n) is 5.96. The summed E-state index contributed by atoms with van der Waals surface area (Å²) in [5.41, 5.74) is 6.41. The van der Waals surface area contributed by atoms with Crippen molar-refractivity contribution >= 4 is 23.3 Å². The van der Waals surface area contributed by atoms with Crippen LogP contribution in [0.2, 0.25) is 5.02 Å². The van der Waals surface area contributed by atoms with Crippen molar-refractivity contribution in [3.8, 4) is 0 Å². The van der Waals surface area contributed by atoms with E-state index in [9.17, 15) is 4.79 Å². The molecule has 0 bridgehead atoms. The molecular formula is C16H20ClNO3. The van der Waals surface area contributed by atoms with Gasteiger partial charge in [0.05, 0.1) is 28.5 Å². The summed E-state index contributed by atoms with van der Waals surface area (Å²) in [5, 5.41) is 0.378. The maximum absolute atomic E-state index is 12.3. The first kappa shape index (κ1) is 14.7. The Hall–Kier alpha value is -1.26. The molecule has 2 fully saturated rings. The molecule has 1 saturated heterocycles. The van der Waals surface area contributed by atoms with E-state index in [-0.39, 0.29) is 17.4 Å². The fourth-order valence-corrected chi connectivity index (χ4v) is 3.56. The Labute approximate surface area is 129 Å². The van der Waals surface area contributed by atoms with E-state index < -0.39 is 5.97 Å². The smallest absolute Gasteiger partial charge is 0.340 e. The second-order valence-corrected chi connectivity index (χ2v) is 6.37. The minimum Gasteiger partial charge on any atom is -0.459 e. The third kappa shape index (κ3) is 3.01. The van der Waals surface area contributed by atoms with E-state index in [1.54, 1.807) is 18.2 Å². The van der Waals surface area contributed by atoms with E-state index in [0.29, 0.717) is 17.2 Å². The largest absolute Gasteiger partial charge is 0.459 e. The number of ether oxygens (including phenoxy) is 2. The molecule has 2 aliphatic rings. The standard InChI is InChI=1S/C16H20ClNO3/c17-13-5-3-4-12(14(13)18)15(19)21-11-6-9-20-16(10-11)7-1-2-8-16/h3-5,11H,1-2,6-10,18H2. The normalized spacial score (nSPS) is 24.1. The van der Waals surface area contributed by atoms with Crippen molar-refractivity contribution < 1.29 is 14.3 Å². The van der Waals surface area contributed by atoms with Gasteiger partial charge in [-0.2, -0.15) is 0 Å². The molecule has 114 valence electrons. The molecule has 0 radical (unpaired) electrons. The minimum atomic E-state index is -0.393. The van der Waals surface area contributed by atoms with Gasteiger partial charge >= 0.3 is 5.97 Å². The van der Waals surface area contributed by atoms with Gasteiger partial charge in [-0.25, -0.2) is 4.79 Å². The van der Waals surface area contributed by atoms with Gasteiger partial charge in [0.2, 0.25) is 0 Å². The van der Waals surface area contributed by atoms with E-state index in [0.717, 1.165) is 25.7 Å². The van der Waals surface area contributed by atoms with E-state index in [1.807, 2.05) is 0 Å². The first-order chi connectivity index (χ1) is 10.1. The highest BCUT2D eigenvalue weighted by Crippen LogP contribution is 2.41. The third-order valence-electron chi connectivity index (χ3n) is 4.51. The van der Waals surface area contributed by atoms with Crippen molar-refractivity contribution in [2.45, 2.75) is 50.2 Å². The Morgan fingerprint density at radius 1 is 1.38 bits per heavy atom. The number of carbonyl (C=O) groups excluding carboxylic acids is 1. The average molecular weight is 310 g/mol. The predicted octanol–water partition coefficient (Wildman–Crippen LogP) is 3.57. The molecule has 1 saturated carbocycles. The summed E-state index contributed by atoms with van der Waals surface area (Å²) in [6, 6.07) is 5.02. The number of carbonyl (C=O) groups is 1. The van der Waals surface area contributed by atoms with Gasteiger partial charge < -0.3 is 15.2 Å². The SMILES string of the molecule is Nc1c(Cl)cccc1C(=O)OC1CCOC2(CCCC2)C1. The molecule has 1 atom stereocenters. The number of para-hydroxylation sites is 1. The lowest BCUT2D eigenvalue weighted by atomic mass is 9.90. The first-order valence-corrected chi connectivity index (χ1v) is 7.86. The van der Waals surface area contributed by atoms with Crippen molar-refractivity contribution in [3.63, 3.8) is 0 Å². The molecule has 0 amide bonds. The summed E-state index contributed by atoms with van der Waals surface area (Å²) in [7, 11) is 0. The van der Waals surface area contributed by atoms with Crippen LogP contribution in [0.5, 0.6) is 0 Å². The molecule has 3 rings (SSSR count). The van der Waals surface area contributed by atoms with Gasteiger partial charge in [-0.05, 0) is 25.0 Å². The Morgan fingerprint density at radius 3 is 2.90 bits per heavy atom. The summed E-state index contributed by atoms with van der Waals surface area (Å²) < 4.78 is 11.6. The summed E-state index contributed by atoms with van der Waals surface area (Å²) in [6.07, 6.45) is 5.97. The summed E-state index contributed by atoms with van der Waals surface area (Å²) in [5.74, 6) is -0.393. The number of hydrogen-bond donors (Lipinski definition) is 1. The molecule has 1 aromatic carbocycles. The zero-order valence-electron chi connectivity index (χ0n) is 11.9. The first-order valence-electron chi connectivity index (χ1n) is 7.49. The van der Waals surface area contributed by atoms with Crippen LogP contribution < -0.4 is 5.73 Å². The van der Waals surface area contributed by atoms with Gasteiger partial charge in [0, 0.05) is 12.8 Å². The summed E-state index contributed by atoms with van der Waals surface area (Å²) >= 11 is 5.95. The molecule has 1 heterocycles. The van der Waals surface area contributed by atoms with E-state index >= 15 is 0 Å². The van der Waals surface area contributed by atoms with Crippen molar-refractivity contribution in [3.05, 3.63) is 28.8 Å². The molecule has 21 heavy (non-hydrogen) atoms. The Balaban J connectivity index is 1.68. The number of rotatable bonds is 2. The van der Waals surface area contributed by atoms with Crippen molar-refractivity contribution in [1.29, 1.82) is 0 Å². The zero-order chi connectivity index (χ0) is 14.9. The highest BCUT2D eigenvalue weighted by molar-refractivity contribution is 6.33. The Bertz CT molecular complexity index is 540. The quantitative estimate of drug-likeness (QED) is 0.670. The maximum Gasteiger partial charge on any atom is 0.340 e. The van der Waals surface area contributed by atoms with Crippen molar-refractivity contribution in [1.82, 2.24) is 0 Å². The molecule has 1 aliphatic heterocycles. The molecule has 1 aromatic rings. The van der Waals surface area contributed by atoms with Gasteiger partial charge in [0.1, 0.15) is 6.10 Å². The van der Waals surface area contributed by atoms with Crippen LogP contribution in [0.25, 0.3) is 0 Å². The number of nitrogens with two attached hydrogens (primary N) is 1. The number of esters is 1. The molecular weight excluding hydrogens is 290 g/mol. The summed E-state index contributed by atoms with van der Waals surface area (Å²) in [4.78, 5) is 12.3. The van der Waals surface area contributed by atoms with Gasteiger partial charge in [-0.15, -0.1) is 0 Å². The summed E-state index contributed by atoms with van der Waals surface area (Å²) in [6.45, 7) is 0.656. The predicted molar refractivity (Wildman–Crippen MR) is 81.5 cm³/mol. The van der Waals surface area contributed by atoms with E-state index in [2.05, 4.69) is 0 Å². The van der Waals surface area contributed by atoms with Crippen LogP contribution in [0, 0.1) is 0 Å². The fraction of sp³-hybridized carbons (Fsp3) is 0.562. The van der Waals surface area contributed by atoms with Gasteiger partial charge in [-0.1, -0.05) is 30.5 Å². The van der Waals surface area contributed by atoms with Crippen LogP contribution in [0.3, 0.4) is 0 Å². The number of halogens is 1. The van der Waals surface area contributed by atoms with Crippen molar-refractivity contribution in [2.75, 3.05) is 12.3 Å². The molecule has 2 N–H and O–H groups in total. The van der Waals surface area contributed by atoms with Crippen LogP contribution in [0.1, 0.15) is 48.9 Å². The lowest BCUT2D eigenvalue weighted by Crippen LogP contribution is -2.41. The Morgan fingerprint density at radius 2 is 2.14 bits per heavy atom. The maximum atomic E-state index is 12.3.